The van der Waals surface area contributed by atoms with E-state index in [0.29, 0.717) is 31.1 Å². The molecule has 2 heterocycles. The van der Waals surface area contributed by atoms with Crippen LogP contribution in [0, 0.1) is 11.7 Å². The van der Waals surface area contributed by atoms with Gasteiger partial charge in [0.15, 0.2) is 0 Å². The average molecular weight is 464 g/mol. The molecule has 0 radical (unpaired) electrons. The van der Waals surface area contributed by atoms with Crippen molar-refractivity contribution in [3.63, 3.8) is 0 Å². The first kappa shape index (κ1) is 22.6. The van der Waals surface area contributed by atoms with E-state index in [-0.39, 0.29) is 23.7 Å². The van der Waals surface area contributed by atoms with Crippen LogP contribution < -0.4 is 4.74 Å². The molecule has 2 aliphatic rings. The Morgan fingerprint density at radius 2 is 2.00 bits per heavy atom. The quantitative estimate of drug-likeness (QED) is 0.433. The summed E-state index contributed by atoms with van der Waals surface area (Å²) in [6.45, 7) is 3.74. The molecule has 1 saturated carbocycles. The van der Waals surface area contributed by atoms with E-state index < -0.39 is 0 Å². The fourth-order valence-corrected chi connectivity index (χ4v) is 4.46. The van der Waals surface area contributed by atoms with Crippen LogP contribution in [0.5, 0.6) is 11.6 Å². The van der Waals surface area contributed by atoms with E-state index in [9.17, 15) is 9.18 Å². The minimum Gasteiger partial charge on any atom is -0.438 e. The summed E-state index contributed by atoms with van der Waals surface area (Å²) in [5.74, 6) is 0.796. The van der Waals surface area contributed by atoms with Gasteiger partial charge in [-0.1, -0.05) is 31.2 Å². The Morgan fingerprint density at radius 3 is 2.68 bits per heavy atom. The van der Waals surface area contributed by atoms with Crippen molar-refractivity contribution in [2.24, 2.45) is 5.92 Å². The van der Waals surface area contributed by atoms with Crippen molar-refractivity contribution >= 4 is 5.91 Å². The van der Waals surface area contributed by atoms with Crippen molar-refractivity contribution in [2.75, 3.05) is 13.2 Å². The molecular formula is C27H30FN3O3. The summed E-state index contributed by atoms with van der Waals surface area (Å²) in [6.07, 6.45) is 4.61. The molecule has 1 atom stereocenters. The standard InChI is InChI=1S/C27H30FN3O3/c1-2-25-24(18-30(26(32)19-13-14-19)17-23-12-7-15-33-23)27(34-22-11-6-8-20(28)16-22)31(29-25)21-9-4-3-5-10-21/h3-6,8-11,16,19,23H,2,7,12-15,17-18H2,1H3/t23-/m0/s1. The Bertz CT molecular complexity index is 1140. The first-order chi connectivity index (χ1) is 16.6. The van der Waals surface area contributed by atoms with Gasteiger partial charge in [0.25, 0.3) is 0 Å². The van der Waals surface area contributed by atoms with E-state index in [1.165, 1.54) is 12.1 Å². The molecule has 34 heavy (non-hydrogen) atoms. The van der Waals surface area contributed by atoms with Crippen LogP contribution in [0.4, 0.5) is 4.39 Å². The van der Waals surface area contributed by atoms with Crippen molar-refractivity contribution in [1.29, 1.82) is 0 Å². The van der Waals surface area contributed by atoms with Gasteiger partial charge in [-0.2, -0.15) is 5.10 Å². The van der Waals surface area contributed by atoms with Gasteiger partial charge in [-0.25, -0.2) is 9.07 Å². The van der Waals surface area contributed by atoms with E-state index >= 15 is 0 Å². The van der Waals surface area contributed by atoms with Crippen LogP contribution >= 0.6 is 0 Å². The molecule has 1 saturated heterocycles. The van der Waals surface area contributed by atoms with Gasteiger partial charge in [-0.3, -0.25) is 4.79 Å². The maximum atomic E-state index is 13.9. The molecule has 0 N–H and O–H groups in total. The third kappa shape index (κ3) is 4.99. The maximum absolute atomic E-state index is 13.9. The van der Waals surface area contributed by atoms with Crippen LogP contribution in [0.1, 0.15) is 43.9 Å². The number of ether oxygens (including phenoxy) is 2. The molecule has 1 aromatic heterocycles. The van der Waals surface area contributed by atoms with Gasteiger partial charge in [0, 0.05) is 25.1 Å². The molecule has 2 fully saturated rings. The molecule has 178 valence electrons. The van der Waals surface area contributed by atoms with Gasteiger partial charge >= 0.3 is 0 Å². The second kappa shape index (κ2) is 9.97. The lowest BCUT2D eigenvalue weighted by Gasteiger charge is -2.26. The summed E-state index contributed by atoms with van der Waals surface area (Å²) in [4.78, 5) is 15.2. The number of nitrogens with zero attached hydrogens (tertiary/aromatic N) is 3. The summed E-state index contributed by atoms with van der Waals surface area (Å²) in [5, 5.41) is 4.85. The third-order valence-corrected chi connectivity index (χ3v) is 6.40. The maximum Gasteiger partial charge on any atom is 0.227 e. The Morgan fingerprint density at radius 1 is 1.18 bits per heavy atom. The van der Waals surface area contributed by atoms with Crippen molar-refractivity contribution in [2.45, 2.75) is 51.7 Å². The highest BCUT2D eigenvalue weighted by molar-refractivity contribution is 5.81. The number of rotatable bonds is 9. The van der Waals surface area contributed by atoms with Gasteiger partial charge in [-0.05, 0) is 56.4 Å². The van der Waals surface area contributed by atoms with E-state index in [2.05, 4.69) is 0 Å². The molecule has 0 spiro atoms. The zero-order valence-electron chi connectivity index (χ0n) is 19.5. The van der Waals surface area contributed by atoms with Crippen molar-refractivity contribution in [1.82, 2.24) is 14.7 Å². The first-order valence-corrected chi connectivity index (χ1v) is 12.1. The van der Waals surface area contributed by atoms with Gasteiger partial charge in [-0.15, -0.1) is 0 Å². The normalized spacial score (nSPS) is 17.6. The molecule has 5 rings (SSSR count). The molecule has 6 nitrogen and oxygen atoms in total. The Kier molecular flexibility index (Phi) is 6.63. The Labute approximate surface area is 199 Å². The molecule has 1 aliphatic heterocycles. The SMILES string of the molecule is CCc1nn(-c2ccccc2)c(Oc2cccc(F)c2)c1CN(C[C@@H]1CCCO1)C(=O)C1CC1. The Hall–Kier alpha value is -3.19. The number of carbonyl (C=O) groups excluding carboxylic acids is 1. The summed E-state index contributed by atoms with van der Waals surface area (Å²) in [7, 11) is 0. The summed E-state index contributed by atoms with van der Waals surface area (Å²) < 4.78 is 27.8. The zero-order valence-corrected chi connectivity index (χ0v) is 19.5. The van der Waals surface area contributed by atoms with Crippen LogP contribution in [-0.2, 0) is 22.5 Å². The van der Waals surface area contributed by atoms with Gasteiger partial charge < -0.3 is 14.4 Å². The number of hydrogen-bond acceptors (Lipinski definition) is 4. The van der Waals surface area contributed by atoms with Gasteiger partial charge in [0.2, 0.25) is 11.8 Å². The lowest BCUT2D eigenvalue weighted by molar-refractivity contribution is -0.134. The number of carbonyl (C=O) groups is 1. The second-order valence-corrected chi connectivity index (χ2v) is 9.02. The second-order valence-electron chi connectivity index (χ2n) is 9.02. The zero-order chi connectivity index (χ0) is 23.5. The fourth-order valence-electron chi connectivity index (χ4n) is 4.46. The van der Waals surface area contributed by atoms with Crippen LogP contribution in [0.15, 0.2) is 54.6 Å². The third-order valence-electron chi connectivity index (χ3n) is 6.40. The fraction of sp³-hybridized carbons (Fsp3) is 0.407. The van der Waals surface area contributed by atoms with E-state index in [4.69, 9.17) is 14.6 Å². The smallest absolute Gasteiger partial charge is 0.227 e. The highest BCUT2D eigenvalue weighted by Gasteiger charge is 2.36. The molecule has 7 heteroatoms. The lowest BCUT2D eigenvalue weighted by Crippen LogP contribution is -2.38. The van der Waals surface area contributed by atoms with Crippen molar-refractivity contribution in [3.8, 4) is 17.3 Å². The number of aromatic nitrogens is 2. The predicted octanol–water partition coefficient (Wildman–Crippen LogP) is 5.28. The predicted molar refractivity (Wildman–Crippen MR) is 127 cm³/mol. The van der Waals surface area contributed by atoms with E-state index in [1.54, 1.807) is 16.8 Å². The monoisotopic (exact) mass is 463 g/mol. The highest BCUT2D eigenvalue weighted by atomic mass is 19.1. The van der Waals surface area contributed by atoms with Crippen LogP contribution in [0.2, 0.25) is 0 Å². The number of hydrogen-bond donors (Lipinski definition) is 0. The summed E-state index contributed by atoms with van der Waals surface area (Å²) in [6, 6.07) is 15.8. The molecule has 0 unspecified atom stereocenters. The van der Waals surface area contributed by atoms with Crippen LogP contribution in [0.3, 0.4) is 0 Å². The average Bonchev–Trinajstić information content (AvgIpc) is 3.48. The largest absolute Gasteiger partial charge is 0.438 e. The molecule has 1 aliphatic carbocycles. The number of benzene rings is 2. The number of aryl methyl sites for hydroxylation is 1. The van der Waals surface area contributed by atoms with Crippen LogP contribution in [0.25, 0.3) is 5.69 Å². The highest BCUT2D eigenvalue weighted by Crippen LogP contribution is 2.36. The molecular weight excluding hydrogens is 433 g/mol. The van der Waals surface area contributed by atoms with Crippen LogP contribution in [-0.4, -0.2) is 39.8 Å². The van der Waals surface area contributed by atoms with Gasteiger partial charge in [0.1, 0.15) is 11.6 Å². The molecule has 3 aromatic rings. The first-order valence-electron chi connectivity index (χ1n) is 12.1. The number of para-hydroxylation sites is 1. The minimum atomic E-state index is -0.371. The van der Waals surface area contributed by atoms with E-state index in [1.807, 2.05) is 42.2 Å². The molecule has 0 bridgehead atoms. The number of amides is 1. The van der Waals surface area contributed by atoms with Crippen molar-refractivity contribution < 1.29 is 18.7 Å². The molecule has 1 amide bonds. The molecule has 2 aromatic carbocycles. The lowest BCUT2D eigenvalue weighted by atomic mass is 10.1. The summed E-state index contributed by atoms with van der Waals surface area (Å²) in [5.41, 5.74) is 2.55. The number of halogens is 1. The van der Waals surface area contributed by atoms with Crippen molar-refractivity contribution in [3.05, 3.63) is 71.7 Å². The summed E-state index contributed by atoms with van der Waals surface area (Å²) >= 11 is 0. The topological polar surface area (TPSA) is 56.6 Å². The minimum absolute atomic E-state index is 0.0598. The Balaban J connectivity index is 1.54. The van der Waals surface area contributed by atoms with Gasteiger partial charge in [0.05, 0.1) is 29.6 Å². The van der Waals surface area contributed by atoms with E-state index in [0.717, 1.165) is 49.2 Å².